The maximum atomic E-state index is 12.8. The van der Waals surface area contributed by atoms with Gasteiger partial charge in [-0.2, -0.15) is 0 Å². The van der Waals surface area contributed by atoms with Gasteiger partial charge in [0, 0.05) is 42.2 Å². The van der Waals surface area contributed by atoms with E-state index in [-0.39, 0.29) is 11.8 Å². The minimum Gasteiger partial charge on any atom is -0.355 e. The van der Waals surface area contributed by atoms with E-state index in [0.29, 0.717) is 23.4 Å². The molecule has 2 amide bonds. The van der Waals surface area contributed by atoms with Crippen molar-refractivity contribution in [1.29, 1.82) is 0 Å². The van der Waals surface area contributed by atoms with Crippen LogP contribution in [0.25, 0.3) is 5.65 Å². The smallest absolute Gasteiger partial charge is 0.252 e. The van der Waals surface area contributed by atoms with Gasteiger partial charge >= 0.3 is 0 Å². The first kappa shape index (κ1) is 20.7. The quantitative estimate of drug-likeness (QED) is 0.436. The first-order valence-corrected chi connectivity index (χ1v) is 10.9. The van der Waals surface area contributed by atoms with Gasteiger partial charge in [-0.05, 0) is 42.0 Å². The fraction of sp³-hybridized carbons (Fsp3) is 0.125. The maximum absolute atomic E-state index is 12.8. The van der Waals surface area contributed by atoms with E-state index >= 15 is 0 Å². The fourth-order valence-corrected chi connectivity index (χ4v) is 4.17. The molecule has 0 saturated heterocycles. The van der Waals surface area contributed by atoms with Gasteiger partial charge < -0.3 is 15.0 Å². The molecule has 0 spiro atoms. The molecule has 6 nitrogen and oxygen atoms in total. The van der Waals surface area contributed by atoms with Gasteiger partial charge in [-0.1, -0.05) is 30.3 Å². The van der Waals surface area contributed by atoms with E-state index in [4.69, 9.17) is 0 Å². The van der Waals surface area contributed by atoms with E-state index < -0.39 is 0 Å². The zero-order valence-electron chi connectivity index (χ0n) is 17.0. The number of carbonyl (C=O) groups is 2. The summed E-state index contributed by atoms with van der Waals surface area (Å²) in [4.78, 5) is 30.2. The van der Waals surface area contributed by atoms with Crippen molar-refractivity contribution >= 4 is 29.2 Å². The molecule has 2 heterocycles. The number of benzene rings is 2. The first-order chi connectivity index (χ1) is 15.1. The van der Waals surface area contributed by atoms with Gasteiger partial charge in [0.25, 0.3) is 11.8 Å². The maximum Gasteiger partial charge on any atom is 0.252 e. The summed E-state index contributed by atoms with van der Waals surface area (Å²) in [5.41, 5.74) is 3.92. The van der Waals surface area contributed by atoms with Gasteiger partial charge in [-0.15, -0.1) is 11.8 Å². The number of aromatic nitrogens is 2. The average Bonchev–Trinajstić information content (AvgIpc) is 3.24. The molecule has 0 aliphatic carbocycles. The van der Waals surface area contributed by atoms with Crippen LogP contribution in [0.15, 0.2) is 84.0 Å². The topological polar surface area (TPSA) is 75.5 Å². The van der Waals surface area contributed by atoms with Crippen LogP contribution in [0.5, 0.6) is 0 Å². The van der Waals surface area contributed by atoms with Crippen LogP contribution in [0.2, 0.25) is 0 Å². The summed E-state index contributed by atoms with van der Waals surface area (Å²) >= 11 is 1.59. The Labute approximate surface area is 184 Å². The van der Waals surface area contributed by atoms with Gasteiger partial charge in [0.1, 0.15) is 5.65 Å². The molecule has 0 unspecified atom stereocenters. The number of hydrogen-bond acceptors (Lipinski definition) is 4. The molecule has 31 heavy (non-hydrogen) atoms. The molecule has 0 atom stereocenters. The third-order valence-electron chi connectivity index (χ3n) is 4.79. The van der Waals surface area contributed by atoms with Crippen LogP contribution in [0.3, 0.4) is 0 Å². The molecular formula is C24H22N4O2S. The van der Waals surface area contributed by atoms with Crippen LogP contribution in [0.1, 0.15) is 32.0 Å². The van der Waals surface area contributed by atoms with E-state index in [1.165, 1.54) is 0 Å². The van der Waals surface area contributed by atoms with Crippen LogP contribution in [-0.2, 0) is 12.3 Å². The number of fused-ring (bicyclic) bond motifs is 1. The Bertz CT molecular complexity index is 1200. The Balaban J connectivity index is 1.42. The van der Waals surface area contributed by atoms with Gasteiger partial charge in [0.05, 0.1) is 11.3 Å². The Morgan fingerprint density at radius 2 is 1.84 bits per heavy atom. The van der Waals surface area contributed by atoms with E-state index in [1.54, 1.807) is 30.9 Å². The first-order valence-electron chi connectivity index (χ1n) is 9.87. The number of hydrogen-bond donors (Lipinski definition) is 2. The molecule has 4 rings (SSSR count). The Hall–Kier alpha value is -3.58. The lowest BCUT2D eigenvalue weighted by atomic mass is 10.1. The summed E-state index contributed by atoms with van der Waals surface area (Å²) in [6.07, 6.45) is 3.97. The number of carbonyl (C=O) groups excluding carboxylic acids is 2. The molecule has 2 N–H and O–H groups in total. The van der Waals surface area contributed by atoms with E-state index in [9.17, 15) is 9.59 Å². The van der Waals surface area contributed by atoms with E-state index in [2.05, 4.69) is 15.6 Å². The zero-order valence-corrected chi connectivity index (χ0v) is 17.9. The summed E-state index contributed by atoms with van der Waals surface area (Å²) in [7, 11) is 1.59. The van der Waals surface area contributed by atoms with Crippen molar-refractivity contribution in [1.82, 2.24) is 20.0 Å². The second-order valence-electron chi connectivity index (χ2n) is 6.95. The second kappa shape index (κ2) is 9.49. The zero-order chi connectivity index (χ0) is 21.6. The standard InChI is InChI=1S/C24H22N4O2S/c1-25-23(29)18-8-6-7-17(13-18)14-26-24(30)20-9-2-3-10-21(20)31-16-19-15-28-12-5-4-11-22(28)27-19/h2-13,15H,14,16H2,1H3,(H,25,29)(H,26,30). The van der Waals surface area contributed by atoms with Crippen molar-refractivity contribution in [3.63, 3.8) is 0 Å². The highest BCUT2D eigenvalue weighted by Gasteiger charge is 2.13. The van der Waals surface area contributed by atoms with Crippen molar-refractivity contribution in [2.45, 2.75) is 17.2 Å². The lowest BCUT2D eigenvalue weighted by Gasteiger charge is -2.10. The monoisotopic (exact) mass is 430 g/mol. The molecule has 0 saturated carbocycles. The normalized spacial score (nSPS) is 10.7. The third kappa shape index (κ3) is 4.95. The average molecular weight is 431 g/mol. The minimum absolute atomic E-state index is 0.150. The van der Waals surface area contributed by atoms with Crippen LogP contribution < -0.4 is 10.6 Å². The summed E-state index contributed by atoms with van der Waals surface area (Å²) < 4.78 is 1.99. The van der Waals surface area contributed by atoms with Gasteiger partial charge in [-0.3, -0.25) is 9.59 Å². The highest BCUT2D eigenvalue weighted by atomic mass is 32.2. The predicted octanol–water partition coefficient (Wildman–Crippen LogP) is 3.92. The van der Waals surface area contributed by atoms with E-state index in [0.717, 1.165) is 21.8 Å². The van der Waals surface area contributed by atoms with Crippen LogP contribution in [0, 0.1) is 0 Å². The van der Waals surface area contributed by atoms with Crippen molar-refractivity contribution in [3.8, 4) is 0 Å². The van der Waals surface area contributed by atoms with Crippen molar-refractivity contribution in [3.05, 3.63) is 102 Å². The third-order valence-corrected chi connectivity index (χ3v) is 5.90. The molecular weight excluding hydrogens is 408 g/mol. The molecule has 0 radical (unpaired) electrons. The summed E-state index contributed by atoms with van der Waals surface area (Å²) in [6, 6.07) is 20.7. The second-order valence-corrected chi connectivity index (χ2v) is 7.96. The van der Waals surface area contributed by atoms with Crippen molar-refractivity contribution in [2.75, 3.05) is 7.05 Å². The van der Waals surface area contributed by atoms with E-state index in [1.807, 2.05) is 71.4 Å². The molecule has 2 aromatic carbocycles. The fourth-order valence-electron chi connectivity index (χ4n) is 3.23. The number of nitrogens with one attached hydrogen (secondary N) is 2. The number of thioether (sulfide) groups is 1. The number of nitrogens with zero attached hydrogens (tertiary/aromatic N) is 2. The molecule has 2 aromatic heterocycles. The number of rotatable bonds is 7. The molecule has 156 valence electrons. The SMILES string of the molecule is CNC(=O)c1cccc(CNC(=O)c2ccccc2SCc2cn3ccccc3n2)c1. The largest absolute Gasteiger partial charge is 0.355 e. The van der Waals surface area contributed by atoms with Crippen LogP contribution in [0.4, 0.5) is 0 Å². The number of amides is 2. The lowest BCUT2D eigenvalue weighted by Crippen LogP contribution is -2.24. The molecule has 0 fully saturated rings. The molecule has 0 bridgehead atoms. The van der Waals surface area contributed by atoms with Gasteiger partial charge in [0.15, 0.2) is 0 Å². The Morgan fingerprint density at radius 1 is 1.00 bits per heavy atom. The summed E-state index contributed by atoms with van der Waals surface area (Å²) in [5.74, 6) is 0.366. The number of pyridine rings is 1. The lowest BCUT2D eigenvalue weighted by molar-refractivity contribution is 0.0946. The molecule has 7 heteroatoms. The summed E-state index contributed by atoms with van der Waals surface area (Å²) in [5, 5.41) is 5.56. The molecule has 0 aliphatic heterocycles. The van der Waals surface area contributed by atoms with Gasteiger partial charge in [0.2, 0.25) is 0 Å². The van der Waals surface area contributed by atoms with Crippen LogP contribution in [-0.4, -0.2) is 28.2 Å². The Kier molecular flexibility index (Phi) is 6.33. The minimum atomic E-state index is -0.151. The molecule has 0 aliphatic rings. The van der Waals surface area contributed by atoms with Crippen LogP contribution >= 0.6 is 11.8 Å². The van der Waals surface area contributed by atoms with Gasteiger partial charge in [-0.25, -0.2) is 4.98 Å². The highest BCUT2D eigenvalue weighted by molar-refractivity contribution is 7.98. The van der Waals surface area contributed by atoms with Crippen molar-refractivity contribution < 1.29 is 9.59 Å². The summed E-state index contributed by atoms with van der Waals surface area (Å²) in [6.45, 7) is 0.342. The Morgan fingerprint density at radius 3 is 2.68 bits per heavy atom. The number of imidazole rings is 1. The van der Waals surface area contributed by atoms with Crippen molar-refractivity contribution in [2.24, 2.45) is 0 Å². The highest BCUT2D eigenvalue weighted by Crippen LogP contribution is 2.26. The predicted molar refractivity (Wildman–Crippen MR) is 122 cm³/mol. The molecule has 4 aromatic rings.